The van der Waals surface area contributed by atoms with Crippen LogP contribution in [0.25, 0.3) is 0 Å². The van der Waals surface area contributed by atoms with Gasteiger partial charge in [0, 0.05) is 15.7 Å². The summed E-state index contributed by atoms with van der Waals surface area (Å²) in [5.41, 5.74) is -12.8. The molecule has 36 heavy (non-hydrogen) atoms. The van der Waals surface area contributed by atoms with Gasteiger partial charge in [0.05, 0.1) is 22.5 Å². The van der Waals surface area contributed by atoms with E-state index in [1.165, 1.54) is 12.1 Å². The van der Waals surface area contributed by atoms with Gasteiger partial charge in [-0.05, 0) is 65.6 Å². The van der Waals surface area contributed by atoms with Crippen LogP contribution in [0.4, 0.5) is 59.7 Å². The van der Waals surface area contributed by atoms with Crippen LogP contribution in [-0.2, 0) is 11.8 Å². The average Bonchev–Trinajstić information content (AvgIpc) is 3.55. The van der Waals surface area contributed by atoms with Crippen molar-refractivity contribution in [1.29, 1.82) is 0 Å². The van der Waals surface area contributed by atoms with Crippen molar-refractivity contribution >= 4 is 39.9 Å². The monoisotopic (exact) mass is 646 g/mol. The Labute approximate surface area is 209 Å². The first kappa shape index (κ1) is 28.2. The zero-order valence-electron chi connectivity index (χ0n) is 17.5. The molecule has 0 spiro atoms. The Kier molecular flexibility index (Phi) is 7.47. The van der Waals surface area contributed by atoms with Crippen molar-refractivity contribution in [2.75, 3.05) is 17.2 Å². The third-order valence-electron chi connectivity index (χ3n) is 5.33. The topological polar surface area (TPSA) is 41.1 Å². The van der Waals surface area contributed by atoms with Crippen LogP contribution < -0.4 is 10.6 Å². The van der Waals surface area contributed by atoms with Crippen LogP contribution in [0.15, 0.2) is 30.3 Å². The number of rotatable bonds is 6. The van der Waals surface area contributed by atoms with Crippen LogP contribution in [0.1, 0.15) is 34.3 Å². The molecule has 1 amide bonds. The molecule has 198 valence electrons. The van der Waals surface area contributed by atoms with Crippen molar-refractivity contribution in [1.82, 2.24) is 0 Å². The van der Waals surface area contributed by atoms with Crippen LogP contribution in [0.5, 0.6) is 0 Å². The highest BCUT2D eigenvalue weighted by Gasteiger charge is 2.73. The standard InChI is InChI=1S/C21H14F11IN2O/c22-15-11(2-1-3-14(15)34-8-9-4-5-9)17(36)35-16-12(19(24,25)26)6-10(7-13(16)33)18(23,20(27,28)29)21(30,31)32/h1-3,6-7,9,34H,4-5,8H2,(H,35,36). The number of nitrogens with one attached hydrogen (secondary N) is 2. The van der Waals surface area contributed by atoms with E-state index in [0.717, 1.165) is 41.5 Å². The van der Waals surface area contributed by atoms with E-state index in [1.54, 1.807) is 5.32 Å². The fourth-order valence-electron chi connectivity index (χ4n) is 3.25. The molecule has 1 aliphatic rings. The molecule has 1 saturated carbocycles. The second-order valence-electron chi connectivity index (χ2n) is 7.98. The molecule has 0 aromatic heterocycles. The molecular formula is C21H14F11IN2O. The maximum atomic E-state index is 14.8. The van der Waals surface area contributed by atoms with Crippen molar-refractivity contribution in [2.45, 2.75) is 37.0 Å². The highest BCUT2D eigenvalue weighted by Crippen LogP contribution is 2.54. The smallest absolute Gasteiger partial charge is 0.382 e. The molecule has 0 unspecified atom stereocenters. The number of carbonyl (C=O) groups excluding carboxylic acids is 1. The van der Waals surface area contributed by atoms with Gasteiger partial charge in [-0.2, -0.15) is 39.5 Å². The molecule has 0 aliphatic heterocycles. The molecule has 1 fully saturated rings. The largest absolute Gasteiger partial charge is 0.435 e. The minimum atomic E-state index is -6.65. The summed E-state index contributed by atoms with van der Waals surface area (Å²) in [6, 6.07) is 2.61. The normalized spacial score (nSPS) is 15.1. The van der Waals surface area contributed by atoms with Gasteiger partial charge < -0.3 is 10.6 Å². The molecule has 0 bridgehead atoms. The van der Waals surface area contributed by atoms with Crippen LogP contribution in [0.3, 0.4) is 0 Å². The molecule has 1 aliphatic carbocycles. The summed E-state index contributed by atoms with van der Waals surface area (Å²) in [5, 5.41) is 4.43. The van der Waals surface area contributed by atoms with E-state index >= 15 is 0 Å². The van der Waals surface area contributed by atoms with Gasteiger partial charge in [-0.1, -0.05) is 6.07 Å². The van der Waals surface area contributed by atoms with Gasteiger partial charge in [0.15, 0.2) is 5.82 Å². The number of benzene rings is 2. The van der Waals surface area contributed by atoms with E-state index < -0.39 is 67.9 Å². The van der Waals surface area contributed by atoms with E-state index in [0.29, 0.717) is 12.5 Å². The van der Waals surface area contributed by atoms with E-state index in [-0.39, 0.29) is 11.8 Å². The van der Waals surface area contributed by atoms with Gasteiger partial charge in [-0.3, -0.25) is 4.79 Å². The third kappa shape index (κ3) is 5.49. The number of amides is 1. The maximum Gasteiger partial charge on any atom is 0.435 e. The van der Waals surface area contributed by atoms with Crippen molar-refractivity contribution in [3.63, 3.8) is 0 Å². The molecule has 0 heterocycles. The Morgan fingerprint density at radius 1 is 0.944 bits per heavy atom. The second kappa shape index (κ2) is 9.52. The van der Waals surface area contributed by atoms with Gasteiger partial charge >= 0.3 is 24.2 Å². The van der Waals surface area contributed by atoms with Gasteiger partial charge in [0.25, 0.3) is 5.91 Å². The maximum absolute atomic E-state index is 14.8. The summed E-state index contributed by atoms with van der Waals surface area (Å²) >= 11 is 0.921. The average molecular weight is 646 g/mol. The lowest BCUT2D eigenvalue weighted by atomic mass is 9.92. The molecular weight excluding hydrogens is 632 g/mol. The fraction of sp³-hybridized carbons (Fsp3) is 0.381. The number of carbonyl (C=O) groups is 1. The summed E-state index contributed by atoms with van der Waals surface area (Å²) in [4.78, 5) is 12.6. The Morgan fingerprint density at radius 3 is 2.03 bits per heavy atom. The summed E-state index contributed by atoms with van der Waals surface area (Å²) in [6.07, 6.45) is -17.1. The highest BCUT2D eigenvalue weighted by atomic mass is 127. The van der Waals surface area contributed by atoms with Crippen molar-refractivity contribution < 1.29 is 53.1 Å². The molecule has 0 radical (unpaired) electrons. The predicted molar refractivity (Wildman–Crippen MR) is 115 cm³/mol. The van der Waals surface area contributed by atoms with Gasteiger partial charge in [-0.25, -0.2) is 8.78 Å². The zero-order chi connectivity index (χ0) is 27.3. The molecule has 2 aromatic rings. The molecule has 2 aromatic carbocycles. The Morgan fingerprint density at radius 2 is 1.53 bits per heavy atom. The zero-order valence-corrected chi connectivity index (χ0v) is 19.7. The SMILES string of the molecule is O=C(Nc1c(I)cc(C(F)(C(F)(F)F)C(F)(F)F)cc1C(F)(F)F)c1cccc(NCC2CC2)c1F. The summed E-state index contributed by atoms with van der Waals surface area (Å²) < 4.78 is 148. The fourth-order valence-corrected chi connectivity index (χ4v) is 4.01. The number of hydrogen-bond acceptors (Lipinski definition) is 2. The highest BCUT2D eigenvalue weighted by molar-refractivity contribution is 14.1. The third-order valence-corrected chi connectivity index (χ3v) is 6.19. The molecule has 15 heteroatoms. The first-order valence-corrected chi connectivity index (χ1v) is 11.0. The Hall–Kier alpha value is -2.33. The number of halogens is 12. The quantitative estimate of drug-likeness (QED) is 0.249. The van der Waals surface area contributed by atoms with Crippen molar-refractivity contribution in [3.8, 4) is 0 Å². The van der Waals surface area contributed by atoms with Crippen LogP contribution in [-0.4, -0.2) is 24.8 Å². The first-order chi connectivity index (χ1) is 16.4. The predicted octanol–water partition coefficient (Wildman–Crippen LogP) is 7.81. The minimum absolute atomic E-state index is 0.115. The summed E-state index contributed by atoms with van der Waals surface area (Å²) in [7, 11) is 0. The second-order valence-corrected chi connectivity index (χ2v) is 9.14. The van der Waals surface area contributed by atoms with Gasteiger partial charge in [0.1, 0.15) is 0 Å². The van der Waals surface area contributed by atoms with E-state index in [1.807, 2.05) is 0 Å². The van der Waals surface area contributed by atoms with Crippen LogP contribution >= 0.6 is 22.6 Å². The summed E-state index contributed by atoms with van der Waals surface area (Å²) in [6.45, 7) is 0.378. The molecule has 2 N–H and O–H groups in total. The molecule has 0 saturated heterocycles. The number of anilines is 2. The number of hydrogen-bond donors (Lipinski definition) is 2. The van der Waals surface area contributed by atoms with Gasteiger partial charge in [-0.15, -0.1) is 0 Å². The van der Waals surface area contributed by atoms with E-state index in [4.69, 9.17) is 0 Å². The molecule has 3 rings (SSSR count). The van der Waals surface area contributed by atoms with Crippen molar-refractivity contribution in [2.24, 2.45) is 5.92 Å². The Balaban J connectivity index is 2.06. The first-order valence-electron chi connectivity index (χ1n) is 9.95. The number of alkyl halides is 10. The molecule has 0 atom stereocenters. The lowest BCUT2D eigenvalue weighted by Crippen LogP contribution is -2.50. The lowest BCUT2D eigenvalue weighted by Gasteiger charge is -2.31. The van der Waals surface area contributed by atoms with Crippen molar-refractivity contribution in [3.05, 3.63) is 56.4 Å². The van der Waals surface area contributed by atoms with E-state index in [9.17, 15) is 53.1 Å². The minimum Gasteiger partial charge on any atom is -0.382 e. The van der Waals surface area contributed by atoms with E-state index in [2.05, 4.69) is 5.32 Å². The summed E-state index contributed by atoms with van der Waals surface area (Å²) in [5.74, 6) is -2.29. The van der Waals surface area contributed by atoms with Crippen LogP contribution in [0, 0.1) is 15.3 Å². The Bertz CT molecular complexity index is 1140. The molecule has 3 nitrogen and oxygen atoms in total. The van der Waals surface area contributed by atoms with Gasteiger partial charge in [0.2, 0.25) is 0 Å². The lowest BCUT2D eigenvalue weighted by molar-refractivity contribution is -0.348. The van der Waals surface area contributed by atoms with Crippen LogP contribution in [0.2, 0.25) is 0 Å².